The van der Waals surface area contributed by atoms with E-state index in [0.29, 0.717) is 31.3 Å². The lowest BCUT2D eigenvalue weighted by Crippen LogP contribution is -2.48. The van der Waals surface area contributed by atoms with Gasteiger partial charge in [-0.1, -0.05) is 47.1 Å². The first kappa shape index (κ1) is 24.6. The molecule has 190 valence electrons. The summed E-state index contributed by atoms with van der Waals surface area (Å²) in [5.41, 5.74) is 4.12. The molecule has 8 nitrogen and oxygen atoms in total. The molecule has 2 fully saturated rings. The first-order valence-electron chi connectivity index (χ1n) is 12.8. The average Bonchev–Trinajstić information content (AvgIpc) is 3.33. The number of hydrogen-bond donors (Lipinski definition) is 0. The van der Waals surface area contributed by atoms with E-state index in [1.165, 1.54) is 11.1 Å². The van der Waals surface area contributed by atoms with Crippen molar-refractivity contribution in [1.29, 1.82) is 0 Å². The molecule has 2 aliphatic rings. The van der Waals surface area contributed by atoms with E-state index in [2.05, 4.69) is 52.8 Å². The van der Waals surface area contributed by atoms with Gasteiger partial charge in [0.1, 0.15) is 0 Å². The Kier molecular flexibility index (Phi) is 7.46. The minimum atomic E-state index is 0.0919. The molecule has 0 spiro atoms. The summed E-state index contributed by atoms with van der Waals surface area (Å²) in [6.07, 6.45) is 0.506. The van der Waals surface area contributed by atoms with Crippen LogP contribution in [0.3, 0.4) is 0 Å². The Labute approximate surface area is 212 Å². The lowest BCUT2D eigenvalue weighted by Gasteiger charge is -2.35. The Morgan fingerprint density at radius 2 is 1.56 bits per heavy atom. The molecule has 5 rings (SSSR count). The van der Waals surface area contributed by atoms with Gasteiger partial charge in [0.25, 0.3) is 5.91 Å². The lowest BCUT2D eigenvalue weighted by molar-refractivity contribution is -0.0704. The molecule has 3 aromatic rings. The highest BCUT2D eigenvalue weighted by Crippen LogP contribution is 2.19. The number of carbonyl (C=O) groups excluding carboxylic acids is 1. The highest BCUT2D eigenvalue weighted by atomic mass is 16.5. The van der Waals surface area contributed by atoms with Crippen molar-refractivity contribution in [3.05, 3.63) is 71.1 Å². The highest BCUT2D eigenvalue weighted by Gasteiger charge is 2.25. The molecule has 8 heteroatoms. The van der Waals surface area contributed by atoms with E-state index in [-0.39, 0.29) is 18.1 Å². The molecule has 1 aromatic heterocycles. The first-order chi connectivity index (χ1) is 17.4. The van der Waals surface area contributed by atoms with Crippen LogP contribution in [0.5, 0.6) is 0 Å². The molecular formula is C28H35N5O3. The van der Waals surface area contributed by atoms with E-state index in [9.17, 15) is 4.79 Å². The highest BCUT2D eigenvalue weighted by molar-refractivity contribution is 5.94. The summed E-state index contributed by atoms with van der Waals surface area (Å²) in [7, 11) is 0. The summed E-state index contributed by atoms with van der Waals surface area (Å²) in [5.74, 6) is 1.30. The lowest BCUT2D eigenvalue weighted by atomic mass is 10.1. The van der Waals surface area contributed by atoms with Crippen molar-refractivity contribution >= 4 is 5.91 Å². The summed E-state index contributed by atoms with van der Waals surface area (Å²) in [6.45, 7) is 12.6. The van der Waals surface area contributed by atoms with Crippen molar-refractivity contribution in [3.63, 3.8) is 0 Å². The molecule has 0 bridgehead atoms. The van der Waals surface area contributed by atoms with Crippen molar-refractivity contribution in [3.8, 4) is 11.4 Å². The van der Waals surface area contributed by atoms with Crippen LogP contribution in [0.25, 0.3) is 11.4 Å². The van der Waals surface area contributed by atoms with Gasteiger partial charge in [-0.15, -0.1) is 0 Å². The minimum absolute atomic E-state index is 0.0919. The Bertz CT molecular complexity index is 1140. The second-order valence-electron chi connectivity index (χ2n) is 10.1. The number of morpholine rings is 1. The quantitative estimate of drug-likeness (QED) is 0.524. The molecule has 2 unspecified atom stereocenters. The van der Waals surface area contributed by atoms with Gasteiger partial charge >= 0.3 is 0 Å². The van der Waals surface area contributed by atoms with Gasteiger partial charge in [-0.2, -0.15) is 4.98 Å². The fraction of sp³-hybridized carbons (Fsp3) is 0.464. The van der Waals surface area contributed by atoms with E-state index in [0.717, 1.165) is 43.9 Å². The maximum atomic E-state index is 13.1. The molecule has 2 aliphatic heterocycles. The number of ether oxygens (including phenoxy) is 1. The van der Waals surface area contributed by atoms with Crippen molar-refractivity contribution < 1.29 is 14.1 Å². The van der Waals surface area contributed by atoms with Gasteiger partial charge in [0.05, 0.1) is 18.8 Å². The molecule has 0 radical (unpaired) electrons. The van der Waals surface area contributed by atoms with Crippen molar-refractivity contribution in [2.45, 2.75) is 46.1 Å². The van der Waals surface area contributed by atoms with Crippen molar-refractivity contribution in [2.75, 3.05) is 39.3 Å². The molecule has 3 heterocycles. The maximum absolute atomic E-state index is 13.1. The van der Waals surface area contributed by atoms with Crippen LogP contribution in [0.4, 0.5) is 0 Å². The maximum Gasteiger partial charge on any atom is 0.253 e. The van der Waals surface area contributed by atoms with Gasteiger partial charge in [0, 0.05) is 56.9 Å². The van der Waals surface area contributed by atoms with E-state index >= 15 is 0 Å². The van der Waals surface area contributed by atoms with Gasteiger partial charge in [0.15, 0.2) is 0 Å². The number of hydrogen-bond acceptors (Lipinski definition) is 7. The van der Waals surface area contributed by atoms with Crippen LogP contribution in [-0.4, -0.2) is 82.2 Å². The van der Waals surface area contributed by atoms with Crippen LogP contribution < -0.4 is 0 Å². The average molecular weight is 490 g/mol. The summed E-state index contributed by atoms with van der Waals surface area (Å²) < 4.78 is 11.3. The zero-order valence-corrected chi connectivity index (χ0v) is 21.4. The monoisotopic (exact) mass is 489 g/mol. The number of aryl methyl sites for hydroxylation is 1. The minimum Gasteiger partial charge on any atom is -0.373 e. The third-order valence-electron chi connectivity index (χ3n) is 6.90. The molecule has 0 aliphatic carbocycles. The van der Waals surface area contributed by atoms with Gasteiger partial charge in [-0.05, 0) is 38.5 Å². The second-order valence-corrected chi connectivity index (χ2v) is 10.1. The third kappa shape index (κ3) is 6.00. The predicted octanol–water partition coefficient (Wildman–Crippen LogP) is 3.61. The summed E-state index contributed by atoms with van der Waals surface area (Å²) in [4.78, 5) is 24.2. The number of carbonyl (C=O) groups is 1. The SMILES string of the molecule is Cc1ccc(-c2noc(CN3CCN(C(=O)c4ccc(CN5CC(C)OC(C)C5)cc4)CC3)n2)cc1. The predicted molar refractivity (Wildman–Crippen MR) is 137 cm³/mol. The van der Waals surface area contributed by atoms with Gasteiger partial charge in [-0.25, -0.2) is 0 Å². The van der Waals surface area contributed by atoms with Crippen LogP contribution in [-0.2, 0) is 17.8 Å². The molecule has 2 aromatic carbocycles. The molecule has 1 amide bonds. The number of piperazine rings is 1. The smallest absolute Gasteiger partial charge is 0.253 e. The van der Waals surface area contributed by atoms with Gasteiger partial charge in [0.2, 0.25) is 11.7 Å². The second kappa shape index (κ2) is 10.9. The Morgan fingerprint density at radius 1 is 0.889 bits per heavy atom. The fourth-order valence-corrected chi connectivity index (χ4v) is 5.05. The zero-order chi connectivity index (χ0) is 25.1. The van der Waals surface area contributed by atoms with E-state index in [4.69, 9.17) is 9.26 Å². The number of benzene rings is 2. The van der Waals surface area contributed by atoms with Crippen LogP contribution in [0.15, 0.2) is 53.1 Å². The van der Waals surface area contributed by atoms with Crippen LogP contribution in [0.1, 0.15) is 41.2 Å². The fourth-order valence-electron chi connectivity index (χ4n) is 5.05. The Balaban J connectivity index is 1.11. The third-order valence-corrected chi connectivity index (χ3v) is 6.90. The Morgan fingerprint density at radius 3 is 2.22 bits per heavy atom. The van der Waals surface area contributed by atoms with Crippen LogP contribution >= 0.6 is 0 Å². The van der Waals surface area contributed by atoms with E-state index < -0.39 is 0 Å². The summed E-state index contributed by atoms with van der Waals surface area (Å²) >= 11 is 0. The van der Waals surface area contributed by atoms with Crippen LogP contribution in [0, 0.1) is 6.92 Å². The largest absolute Gasteiger partial charge is 0.373 e. The molecular weight excluding hydrogens is 454 g/mol. The topological polar surface area (TPSA) is 74.9 Å². The number of aromatic nitrogens is 2. The Hall–Kier alpha value is -3.07. The summed E-state index contributed by atoms with van der Waals surface area (Å²) in [5, 5.41) is 4.13. The molecule has 0 N–H and O–H groups in total. The normalized spacial score (nSPS) is 21.6. The molecule has 0 saturated carbocycles. The summed E-state index contributed by atoms with van der Waals surface area (Å²) in [6, 6.07) is 16.2. The van der Waals surface area contributed by atoms with Crippen molar-refractivity contribution in [1.82, 2.24) is 24.8 Å². The zero-order valence-electron chi connectivity index (χ0n) is 21.4. The number of rotatable bonds is 6. The van der Waals surface area contributed by atoms with Crippen molar-refractivity contribution in [2.24, 2.45) is 0 Å². The molecule has 36 heavy (non-hydrogen) atoms. The number of amides is 1. The molecule has 2 saturated heterocycles. The molecule has 2 atom stereocenters. The van der Waals surface area contributed by atoms with Gasteiger partial charge < -0.3 is 14.2 Å². The van der Waals surface area contributed by atoms with E-state index in [1.807, 2.05) is 41.3 Å². The van der Waals surface area contributed by atoms with Crippen LogP contribution in [0.2, 0.25) is 0 Å². The van der Waals surface area contributed by atoms with Gasteiger partial charge in [-0.3, -0.25) is 14.6 Å². The number of nitrogens with zero attached hydrogens (tertiary/aromatic N) is 5. The van der Waals surface area contributed by atoms with E-state index in [1.54, 1.807) is 0 Å². The first-order valence-corrected chi connectivity index (χ1v) is 12.8. The standard InChI is InChI=1S/C28H35N5O3/c1-20-4-8-24(9-5-20)27-29-26(36-30-27)19-31-12-14-33(15-13-31)28(34)25-10-6-23(7-11-25)18-32-16-21(2)35-22(3)17-32/h4-11,21-22H,12-19H2,1-3H3.